The number of carbonyl (C=O) groups excluding carboxylic acids is 1. The molecule has 41 heavy (non-hydrogen) atoms. The van der Waals surface area contributed by atoms with Gasteiger partial charge in [-0.2, -0.15) is 0 Å². The lowest BCUT2D eigenvalue weighted by molar-refractivity contribution is -0.169. The summed E-state index contributed by atoms with van der Waals surface area (Å²) >= 11 is 0. The van der Waals surface area contributed by atoms with Gasteiger partial charge in [0.2, 0.25) is 5.75 Å². The Morgan fingerprint density at radius 1 is 1.27 bits per heavy atom. The summed E-state index contributed by atoms with van der Waals surface area (Å²) in [6.45, 7) is 4.15. The molecule has 0 aliphatic carbocycles. The van der Waals surface area contributed by atoms with E-state index in [0.29, 0.717) is 17.0 Å². The highest BCUT2D eigenvalue weighted by Crippen LogP contribution is 2.43. The number of imidazole rings is 1. The van der Waals surface area contributed by atoms with E-state index < -0.39 is 44.3 Å². The summed E-state index contributed by atoms with van der Waals surface area (Å²) in [5.41, 5.74) is -1.27. The molecular weight excluding hydrogens is 558 g/mol. The molecule has 15 heteroatoms. The molecule has 1 N–H and O–H groups in total. The third-order valence-electron chi connectivity index (χ3n) is 7.20. The Labute approximate surface area is 236 Å². The quantitative estimate of drug-likeness (QED) is 0.289. The van der Waals surface area contributed by atoms with Crippen LogP contribution in [-0.4, -0.2) is 81.3 Å². The number of alkyl halides is 1. The number of ether oxygens (including phenoxy) is 3. The van der Waals surface area contributed by atoms with Crippen LogP contribution in [-0.2, 0) is 14.3 Å². The molecule has 3 aromatic rings. The van der Waals surface area contributed by atoms with Crippen molar-refractivity contribution in [1.82, 2.24) is 19.5 Å². The number of piperidine rings is 1. The lowest BCUT2D eigenvalue weighted by atomic mass is 9.98. The number of methoxy groups -OCH3 is 1. The second-order valence-electron chi connectivity index (χ2n) is 10.1. The van der Waals surface area contributed by atoms with E-state index >= 15 is 4.39 Å². The summed E-state index contributed by atoms with van der Waals surface area (Å²) in [6.07, 6.45) is 2.29. The van der Waals surface area contributed by atoms with Crippen LogP contribution in [0.4, 0.5) is 10.2 Å². The first-order valence-electron chi connectivity index (χ1n) is 13.3. The summed E-state index contributed by atoms with van der Waals surface area (Å²) in [5, 5.41) is 10.9. The fourth-order valence-corrected chi connectivity index (χ4v) is 5.73. The van der Waals surface area contributed by atoms with Gasteiger partial charge in [-0.3, -0.25) is 9.09 Å². The zero-order valence-corrected chi connectivity index (χ0v) is 23.8. The van der Waals surface area contributed by atoms with Crippen LogP contribution in [0, 0.1) is 0 Å². The summed E-state index contributed by atoms with van der Waals surface area (Å²) in [4.78, 5) is 39.3. The topological polar surface area (TPSA) is 156 Å². The fraction of sp³-hybridized carbons (Fsp3) is 0.538. The number of hydrogen-bond acceptors (Lipinski definition) is 12. The standard InChI is InChI=1S/C26H32FN6O7P/c1-16(24(35)37-3)31-41(36)40-18-10-6-5-9-17(18)38-13-19-21(34)26(2,27)25(39-19)33-15-30-20-22(28-14-29-23(20)33)32-11-7-4-8-12-32/h5-6,9-10,14-16,19,21,25,34H,4,7-8,11-13H2,1-3H3/t16-,19+,21+,25+,26+/m0/s1. The van der Waals surface area contributed by atoms with Crippen molar-refractivity contribution in [1.29, 1.82) is 0 Å². The largest absolute Gasteiger partial charge is 0.575 e. The van der Waals surface area contributed by atoms with Crippen molar-refractivity contribution in [3.05, 3.63) is 36.9 Å². The van der Waals surface area contributed by atoms with E-state index in [2.05, 4.69) is 29.3 Å². The lowest BCUT2D eigenvalue weighted by Gasteiger charge is -2.28. The van der Waals surface area contributed by atoms with Crippen molar-refractivity contribution >= 4 is 31.1 Å². The number of aliphatic hydroxyl groups excluding tert-OH is 1. The van der Waals surface area contributed by atoms with Gasteiger partial charge in [-0.15, -0.1) is 0 Å². The van der Waals surface area contributed by atoms with Crippen molar-refractivity contribution in [2.45, 2.75) is 63.3 Å². The maximum Gasteiger partial charge on any atom is 0.395 e. The molecule has 0 radical (unpaired) electrons. The molecule has 2 aliphatic rings. The Bertz CT molecular complexity index is 1420. The molecule has 2 saturated heterocycles. The Kier molecular flexibility index (Phi) is 8.64. The van der Waals surface area contributed by atoms with E-state index in [1.807, 2.05) is 0 Å². The number of para-hydroxylation sites is 2. The number of aliphatic hydroxyl groups is 1. The molecule has 0 bridgehead atoms. The first-order chi connectivity index (χ1) is 19.7. The van der Waals surface area contributed by atoms with Crippen molar-refractivity contribution in [3.63, 3.8) is 0 Å². The summed E-state index contributed by atoms with van der Waals surface area (Å²) in [5.74, 6) is 0.292. The van der Waals surface area contributed by atoms with Gasteiger partial charge in [0.1, 0.15) is 25.1 Å². The van der Waals surface area contributed by atoms with Crippen LogP contribution in [0.2, 0.25) is 0 Å². The molecule has 5 rings (SSSR count). The van der Waals surface area contributed by atoms with Crippen LogP contribution >= 0.6 is 8.17 Å². The molecule has 0 amide bonds. The molecule has 0 spiro atoms. The molecular formula is C26H32FN6O7P. The van der Waals surface area contributed by atoms with Crippen LogP contribution in [0.1, 0.15) is 39.3 Å². The van der Waals surface area contributed by atoms with Gasteiger partial charge >= 0.3 is 14.1 Å². The van der Waals surface area contributed by atoms with Gasteiger partial charge in [-0.1, -0.05) is 16.9 Å². The predicted molar refractivity (Wildman–Crippen MR) is 144 cm³/mol. The van der Waals surface area contributed by atoms with Crippen molar-refractivity contribution in [2.24, 2.45) is 4.74 Å². The first-order valence-corrected chi connectivity index (χ1v) is 14.4. The Balaban J connectivity index is 1.31. The van der Waals surface area contributed by atoms with Gasteiger partial charge in [0.25, 0.3) is 0 Å². The minimum Gasteiger partial charge on any atom is -0.575 e. The molecule has 6 atom stereocenters. The summed E-state index contributed by atoms with van der Waals surface area (Å²) in [7, 11) is -1.42. The number of carbonyl (C=O) groups is 1. The minimum absolute atomic E-state index is 0.0871. The third kappa shape index (κ3) is 5.96. The highest BCUT2D eigenvalue weighted by atomic mass is 31.1. The number of benzene rings is 1. The first kappa shape index (κ1) is 29.1. The van der Waals surface area contributed by atoms with Gasteiger partial charge in [0, 0.05) is 13.1 Å². The summed E-state index contributed by atoms with van der Waals surface area (Å²) < 4.78 is 43.0. The van der Waals surface area contributed by atoms with E-state index in [1.54, 1.807) is 18.2 Å². The number of anilines is 1. The van der Waals surface area contributed by atoms with Gasteiger partial charge in [-0.05, 0) is 45.2 Å². The minimum atomic E-state index is -2.63. The van der Waals surface area contributed by atoms with E-state index in [4.69, 9.17) is 14.0 Å². The number of esters is 1. The average Bonchev–Trinajstić information content (AvgIpc) is 3.50. The Morgan fingerprint density at radius 3 is 2.73 bits per heavy atom. The zero-order valence-electron chi connectivity index (χ0n) is 22.9. The van der Waals surface area contributed by atoms with Crippen LogP contribution in [0.15, 0.2) is 41.7 Å². The number of nitrogens with zero attached hydrogens (tertiary/aromatic N) is 6. The SMILES string of the molecule is COC(=O)[C@H](C)N=[P+]([O-])Oc1ccccc1OC[C@H]1O[C@@H](n2cnc3c(N4CCCCC4)ncnc32)[C@](C)(F)[C@@H]1O. The molecule has 2 aliphatic heterocycles. The molecule has 2 aromatic heterocycles. The number of fused-ring (bicyclic) bond motifs is 1. The van der Waals surface area contributed by atoms with Crippen LogP contribution in [0.3, 0.4) is 0 Å². The molecule has 0 saturated carbocycles. The maximum absolute atomic E-state index is 16.0. The Hall–Kier alpha value is -3.45. The monoisotopic (exact) mass is 590 g/mol. The van der Waals surface area contributed by atoms with Crippen LogP contribution < -0.4 is 19.1 Å². The van der Waals surface area contributed by atoms with E-state index in [-0.39, 0.29) is 18.1 Å². The number of rotatable bonds is 9. The highest BCUT2D eigenvalue weighted by molar-refractivity contribution is 7.34. The normalized spacial score (nSPS) is 25.8. The van der Waals surface area contributed by atoms with Crippen molar-refractivity contribution < 1.29 is 37.9 Å². The number of aromatic nitrogens is 4. The Morgan fingerprint density at radius 2 is 2.00 bits per heavy atom. The van der Waals surface area contributed by atoms with Crippen LogP contribution in [0.5, 0.6) is 11.5 Å². The zero-order chi connectivity index (χ0) is 29.1. The highest BCUT2D eigenvalue weighted by Gasteiger charge is 2.55. The lowest BCUT2D eigenvalue weighted by Crippen LogP contribution is -2.41. The molecule has 1 aromatic carbocycles. The number of hydrogen-bond donors (Lipinski definition) is 1. The smallest absolute Gasteiger partial charge is 0.395 e. The fourth-order valence-electron chi connectivity index (χ4n) is 4.98. The third-order valence-corrected chi connectivity index (χ3v) is 8.09. The van der Waals surface area contributed by atoms with Gasteiger partial charge in [0.05, 0.1) is 13.4 Å². The molecule has 1 unspecified atom stereocenters. The van der Waals surface area contributed by atoms with Gasteiger partial charge < -0.3 is 29.1 Å². The maximum atomic E-state index is 16.0. The summed E-state index contributed by atoms with van der Waals surface area (Å²) in [6, 6.07) is 5.37. The molecule has 13 nitrogen and oxygen atoms in total. The second kappa shape index (κ2) is 12.2. The molecule has 220 valence electrons. The van der Waals surface area contributed by atoms with E-state index in [1.165, 1.54) is 44.2 Å². The van der Waals surface area contributed by atoms with Crippen LogP contribution in [0.25, 0.3) is 11.2 Å². The average molecular weight is 591 g/mol. The van der Waals surface area contributed by atoms with Gasteiger partial charge in [-0.25, -0.2) is 24.1 Å². The molecule has 4 heterocycles. The molecule has 2 fully saturated rings. The predicted octanol–water partition coefficient (Wildman–Crippen LogP) is 2.68. The van der Waals surface area contributed by atoms with Gasteiger partial charge in [0.15, 0.2) is 40.7 Å². The van der Waals surface area contributed by atoms with E-state index in [0.717, 1.165) is 32.4 Å². The number of halogens is 1. The second-order valence-corrected chi connectivity index (χ2v) is 11.0. The van der Waals surface area contributed by atoms with Crippen molar-refractivity contribution in [2.75, 3.05) is 31.7 Å². The van der Waals surface area contributed by atoms with Crippen molar-refractivity contribution in [3.8, 4) is 11.5 Å². The van der Waals surface area contributed by atoms with E-state index in [9.17, 15) is 14.8 Å².